The standard InChI is InChI=1S/C22H18O2/c1-2-8-17(9-3-1)16-23-21-13-7-5-11-19(21)22-15-14-18-10-4-6-12-20(18)24-22/h1-13,15H,14,16H2. The monoisotopic (exact) mass is 314 g/mol. The summed E-state index contributed by atoms with van der Waals surface area (Å²) in [7, 11) is 0. The molecule has 1 heterocycles. The van der Waals surface area contributed by atoms with Crippen LogP contribution < -0.4 is 9.47 Å². The Bertz CT molecular complexity index is 866. The molecule has 0 N–H and O–H groups in total. The first-order valence-corrected chi connectivity index (χ1v) is 8.12. The Kier molecular flexibility index (Phi) is 4.03. The minimum atomic E-state index is 0.543. The van der Waals surface area contributed by atoms with Crippen LogP contribution in [-0.4, -0.2) is 0 Å². The number of allylic oxidation sites excluding steroid dienone is 1. The van der Waals surface area contributed by atoms with Crippen LogP contribution in [0.3, 0.4) is 0 Å². The second-order valence-corrected chi connectivity index (χ2v) is 5.75. The van der Waals surface area contributed by atoms with Gasteiger partial charge in [-0.2, -0.15) is 0 Å². The van der Waals surface area contributed by atoms with Gasteiger partial charge in [-0.3, -0.25) is 0 Å². The van der Waals surface area contributed by atoms with E-state index in [0.29, 0.717) is 6.61 Å². The van der Waals surface area contributed by atoms with Crippen molar-refractivity contribution in [2.45, 2.75) is 13.0 Å². The van der Waals surface area contributed by atoms with Gasteiger partial charge in [-0.05, 0) is 41.8 Å². The van der Waals surface area contributed by atoms with Gasteiger partial charge in [0.1, 0.15) is 23.9 Å². The van der Waals surface area contributed by atoms with Crippen LogP contribution in [0, 0.1) is 0 Å². The lowest BCUT2D eigenvalue weighted by Gasteiger charge is -2.20. The summed E-state index contributed by atoms with van der Waals surface area (Å²) in [5.74, 6) is 2.62. The molecule has 1 aliphatic rings. The van der Waals surface area contributed by atoms with Crippen molar-refractivity contribution in [3.8, 4) is 11.5 Å². The Morgan fingerprint density at radius 2 is 1.54 bits per heavy atom. The predicted octanol–water partition coefficient (Wildman–Crippen LogP) is 5.24. The Morgan fingerprint density at radius 1 is 0.792 bits per heavy atom. The lowest BCUT2D eigenvalue weighted by atomic mass is 10.0. The molecule has 24 heavy (non-hydrogen) atoms. The molecule has 3 aromatic carbocycles. The second-order valence-electron chi connectivity index (χ2n) is 5.75. The quantitative estimate of drug-likeness (QED) is 0.655. The average molecular weight is 314 g/mol. The van der Waals surface area contributed by atoms with Crippen molar-refractivity contribution >= 4 is 5.76 Å². The molecule has 0 saturated carbocycles. The molecule has 0 aliphatic carbocycles. The summed E-state index contributed by atoms with van der Waals surface area (Å²) >= 11 is 0. The molecule has 0 saturated heterocycles. The van der Waals surface area contributed by atoms with Crippen LogP contribution in [0.2, 0.25) is 0 Å². The molecule has 4 rings (SSSR count). The van der Waals surface area contributed by atoms with E-state index in [1.165, 1.54) is 5.56 Å². The first-order chi connectivity index (χ1) is 11.9. The highest BCUT2D eigenvalue weighted by molar-refractivity contribution is 5.69. The van der Waals surface area contributed by atoms with Crippen molar-refractivity contribution in [3.63, 3.8) is 0 Å². The molecule has 0 fully saturated rings. The fourth-order valence-corrected chi connectivity index (χ4v) is 2.83. The van der Waals surface area contributed by atoms with Crippen molar-refractivity contribution in [2.75, 3.05) is 0 Å². The molecule has 0 spiro atoms. The van der Waals surface area contributed by atoms with E-state index in [-0.39, 0.29) is 0 Å². The van der Waals surface area contributed by atoms with Crippen LogP contribution >= 0.6 is 0 Å². The SMILES string of the molecule is C1=C(c2ccccc2OCc2ccccc2)Oc2ccccc2C1. The summed E-state index contributed by atoms with van der Waals surface area (Å²) in [6.45, 7) is 0.543. The lowest BCUT2D eigenvalue weighted by molar-refractivity contribution is 0.304. The minimum Gasteiger partial charge on any atom is -0.488 e. The molecule has 1 aliphatic heterocycles. The Hall–Kier alpha value is -3.00. The molecule has 0 bridgehead atoms. The molecule has 0 atom stereocenters. The molecule has 118 valence electrons. The molecule has 0 aromatic heterocycles. The molecule has 2 heteroatoms. The van der Waals surface area contributed by atoms with Crippen LogP contribution in [-0.2, 0) is 13.0 Å². The van der Waals surface area contributed by atoms with E-state index in [0.717, 1.165) is 34.8 Å². The van der Waals surface area contributed by atoms with Crippen LogP contribution in [0.5, 0.6) is 11.5 Å². The van der Waals surface area contributed by atoms with Gasteiger partial charge in [-0.1, -0.05) is 60.7 Å². The van der Waals surface area contributed by atoms with Gasteiger partial charge >= 0.3 is 0 Å². The topological polar surface area (TPSA) is 18.5 Å². The summed E-state index contributed by atoms with van der Waals surface area (Å²) in [6, 6.07) is 26.4. The zero-order valence-electron chi connectivity index (χ0n) is 13.3. The molecule has 2 nitrogen and oxygen atoms in total. The van der Waals surface area contributed by atoms with Gasteiger partial charge in [0.2, 0.25) is 0 Å². The van der Waals surface area contributed by atoms with Gasteiger partial charge in [0.05, 0.1) is 5.56 Å². The minimum absolute atomic E-state index is 0.543. The van der Waals surface area contributed by atoms with Gasteiger partial charge in [0.15, 0.2) is 0 Å². The number of benzene rings is 3. The maximum Gasteiger partial charge on any atom is 0.134 e. The van der Waals surface area contributed by atoms with Gasteiger partial charge in [0, 0.05) is 0 Å². The first-order valence-electron chi connectivity index (χ1n) is 8.12. The predicted molar refractivity (Wildman–Crippen MR) is 96.0 cm³/mol. The summed E-state index contributed by atoms with van der Waals surface area (Å²) in [5, 5.41) is 0. The normalized spacial score (nSPS) is 12.8. The van der Waals surface area contributed by atoms with E-state index < -0.39 is 0 Å². The van der Waals surface area contributed by atoms with Crippen LogP contribution in [0.25, 0.3) is 5.76 Å². The molecule has 3 aromatic rings. The van der Waals surface area contributed by atoms with Gasteiger partial charge in [0.25, 0.3) is 0 Å². The highest BCUT2D eigenvalue weighted by Crippen LogP contribution is 2.34. The van der Waals surface area contributed by atoms with Gasteiger partial charge in [-0.25, -0.2) is 0 Å². The number of fused-ring (bicyclic) bond motifs is 1. The number of para-hydroxylation sites is 2. The Labute approximate surface area is 142 Å². The second kappa shape index (κ2) is 6.63. The van der Waals surface area contributed by atoms with E-state index in [2.05, 4.69) is 24.3 Å². The van der Waals surface area contributed by atoms with Gasteiger partial charge in [-0.15, -0.1) is 0 Å². The summed E-state index contributed by atoms with van der Waals surface area (Å²) in [4.78, 5) is 0. The van der Waals surface area contributed by atoms with Crippen molar-refractivity contribution in [3.05, 3.63) is 102 Å². The van der Waals surface area contributed by atoms with Crippen molar-refractivity contribution in [2.24, 2.45) is 0 Å². The maximum atomic E-state index is 6.09. The highest BCUT2D eigenvalue weighted by Gasteiger charge is 2.16. The fraction of sp³-hybridized carbons (Fsp3) is 0.0909. The number of hydrogen-bond donors (Lipinski definition) is 0. The average Bonchev–Trinajstić information content (AvgIpc) is 2.67. The van der Waals surface area contributed by atoms with E-state index in [9.17, 15) is 0 Å². The van der Waals surface area contributed by atoms with Crippen LogP contribution in [0.15, 0.2) is 84.9 Å². The lowest BCUT2D eigenvalue weighted by Crippen LogP contribution is -2.06. The number of rotatable bonds is 4. The van der Waals surface area contributed by atoms with E-state index in [1.807, 2.05) is 60.7 Å². The zero-order chi connectivity index (χ0) is 16.2. The largest absolute Gasteiger partial charge is 0.488 e. The number of ether oxygens (including phenoxy) is 2. The molecule has 0 amide bonds. The van der Waals surface area contributed by atoms with E-state index >= 15 is 0 Å². The Morgan fingerprint density at radius 3 is 2.46 bits per heavy atom. The van der Waals surface area contributed by atoms with Crippen molar-refractivity contribution in [1.82, 2.24) is 0 Å². The maximum absolute atomic E-state index is 6.09. The smallest absolute Gasteiger partial charge is 0.134 e. The molecular weight excluding hydrogens is 296 g/mol. The van der Waals surface area contributed by atoms with E-state index in [1.54, 1.807) is 0 Å². The summed E-state index contributed by atoms with van der Waals surface area (Å²) in [6.07, 6.45) is 2.99. The van der Waals surface area contributed by atoms with Crippen LogP contribution in [0.1, 0.15) is 16.7 Å². The summed E-state index contributed by atoms with van der Waals surface area (Å²) in [5.41, 5.74) is 3.35. The summed E-state index contributed by atoms with van der Waals surface area (Å²) < 4.78 is 12.1. The van der Waals surface area contributed by atoms with Crippen molar-refractivity contribution < 1.29 is 9.47 Å². The first kappa shape index (κ1) is 14.6. The Balaban J connectivity index is 1.57. The fourth-order valence-electron chi connectivity index (χ4n) is 2.83. The van der Waals surface area contributed by atoms with Gasteiger partial charge < -0.3 is 9.47 Å². The molecular formula is C22H18O2. The third kappa shape index (κ3) is 3.04. The highest BCUT2D eigenvalue weighted by atomic mass is 16.5. The number of hydrogen-bond acceptors (Lipinski definition) is 2. The third-order valence-corrected chi connectivity index (χ3v) is 4.09. The third-order valence-electron chi connectivity index (χ3n) is 4.09. The van der Waals surface area contributed by atoms with Crippen molar-refractivity contribution in [1.29, 1.82) is 0 Å². The molecule has 0 radical (unpaired) electrons. The van der Waals surface area contributed by atoms with E-state index in [4.69, 9.17) is 9.47 Å². The molecule has 0 unspecified atom stereocenters. The zero-order valence-corrected chi connectivity index (χ0v) is 13.3. The van der Waals surface area contributed by atoms with Crippen LogP contribution in [0.4, 0.5) is 0 Å².